The summed E-state index contributed by atoms with van der Waals surface area (Å²) in [5, 5.41) is 3.79. The Morgan fingerprint density at radius 3 is 2.62 bits per heavy atom. The summed E-state index contributed by atoms with van der Waals surface area (Å²) in [6, 6.07) is 4.52. The maximum absolute atomic E-state index is 11.4. The van der Waals surface area contributed by atoms with Crippen LogP contribution in [0.2, 0.25) is 0 Å². The fourth-order valence-electron chi connectivity index (χ4n) is 1.30. The van der Waals surface area contributed by atoms with E-state index >= 15 is 0 Å². The van der Waals surface area contributed by atoms with E-state index in [1.807, 2.05) is 13.8 Å². The Morgan fingerprint density at radius 2 is 1.94 bits per heavy atom. The van der Waals surface area contributed by atoms with Crippen molar-refractivity contribution < 1.29 is 9.59 Å². The molecule has 16 heavy (non-hydrogen) atoms. The van der Waals surface area contributed by atoms with Crippen molar-refractivity contribution in [3.05, 3.63) is 28.9 Å². The lowest BCUT2D eigenvalue weighted by atomic mass is 10.2. The van der Waals surface area contributed by atoms with Gasteiger partial charge in [0.1, 0.15) is 0 Å². The third kappa shape index (κ3) is 1.98. The van der Waals surface area contributed by atoms with Crippen LogP contribution in [-0.4, -0.2) is 11.9 Å². The lowest BCUT2D eigenvalue weighted by molar-refractivity contribution is -0.118. The Kier molecular flexibility index (Phi) is 2.52. The molecule has 0 atom stereocenters. The van der Waals surface area contributed by atoms with E-state index in [1.54, 1.807) is 18.2 Å². The van der Waals surface area contributed by atoms with E-state index in [0.717, 1.165) is 0 Å². The third-order valence-electron chi connectivity index (χ3n) is 2.20. The summed E-state index contributed by atoms with van der Waals surface area (Å²) in [6.07, 6.45) is 0. The molecule has 2 rings (SSSR count). The Labute approximate surface area is 91.9 Å². The number of hydrogen-bond donors (Lipinski definition) is 1. The highest BCUT2D eigenvalue weighted by Gasteiger charge is 2.09. The highest BCUT2D eigenvalue weighted by atomic mass is 16.2. The van der Waals surface area contributed by atoms with Gasteiger partial charge in [0, 0.05) is 11.6 Å². The minimum Gasteiger partial charge on any atom is -0.326 e. The summed E-state index contributed by atoms with van der Waals surface area (Å²) in [5.74, 6) is -0.155. The van der Waals surface area contributed by atoms with Crippen LogP contribution in [0.4, 0.5) is 10.5 Å². The van der Waals surface area contributed by atoms with Gasteiger partial charge in [0.25, 0.3) is 0 Å². The largest absolute Gasteiger partial charge is 0.368 e. The number of nitrogens with zero attached hydrogens (tertiary/aromatic N) is 2. The van der Waals surface area contributed by atoms with Crippen LogP contribution < -0.4 is 16.0 Å². The average molecular weight is 217 g/mol. The maximum atomic E-state index is 11.4. The van der Waals surface area contributed by atoms with E-state index in [9.17, 15) is 9.59 Å². The molecule has 0 saturated carbocycles. The summed E-state index contributed by atoms with van der Waals surface area (Å²) >= 11 is 0. The van der Waals surface area contributed by atoms with E-state index in [4.69, 9.17) is 0 Å². The maximum Gasteiger partial charge on any atom is 0.368 e. The van der Waals surface area contributed by atoms with E-state index in [-0.39, 0.29) is 11.8 Å². The zero-order valence-electron chi connectivity index (χ0n) is 9.02. The van der Waals surface area contributed by atoms with Gasteiger partial charge in [-0.3, -0.25) is 4.79 Å². The summed E-state index contributed by atoms with van der Waals surface area (Å²) in [4.78, 5) is 29.8. The van der Waals surface area contributed by atoms with Crippen molar-refractivity contribution in [2.45, 2.75) is 13.8 Å². The molecule has 5 nitrogen and oxygen atoms in total. The molecule has 0 fully saturated rings. The first kappa shape index (κ1) is 10.5. The van der Waals surface area contributed by atoms with Crippen LogP contribution in [0.15, 0.2) is 28.2 Å². The predicted octanol–water partition coefficient (Wildman–Crippen LogP) is 0.654. The molecule has 0 bridgehead atoms. The highest BCUT2D eigenvalue weighted by Crippen LogP contribution is 2.04. The van der Waals surface area contributed by atoms with Gasteiger partial charge in [-0.15, -0.1) is 0 Å². The molecule has 1 aliphatic rings. The molecule has 1 aromatic rings. The van der Waals surface area contributed by atoms with E-state index in [0.29, 0.717) is 16.4 Å². The van der Waals surface area contributed by atoms with Gasteiger partial charge in [0.15, 0.2) is 0 Å². The van der Waals surface area contributed by atoms with Crippen LogP contribution in [0.3, 0.4) is 0 Å². The molecule has 5 heteroatoms. The Balaban J connectivity index is 2.31. The van der Waals surface area contributed by atoms with Crippen molar-refractivity contribution in [2.24, 2.45) is 15.9 Å². The van der Waals surface area contributed by atoms with Crippen LogP contribution in [0.25, 0.3) is 0 Å². The number of carbonyl (C=O) groups excluding carboxylic acids is 2. The summed E-state index contributed by atoms with van der Waals surface area (Å²) in [6.45, 7) is 3.62. The second-order valence-electron chi connectivity index (χ2n) is 3.85. The molecule has 1 aliphatic heterocycles. The lowest BCUT2D eigenvalue weighted by Crippen LogP contribution is -2.24. The molecule has 82 valence electrons. The van der Waals surface area contributed by atoms with E-state index in [1.165, 1.54) is 0 Å². The molecular formula is C11H11N3O2. The van der Waals surface area contributed by atoms with Gasteiger partial charge in [0.2, 0.25) is 5.91 Å². The second-order valence-corrected chi connectivity index (χ2v) is 3.85. The zero-order valence-corrected chi connectivity index (χ0v) is 9.02. The minimum absolute atomic E-state index is 0.0683. The fraction of sp³-hybridized carbons (Fsp3) is 0.273. The van der Waals surface area contributed by atoms with E-state index < -0.39 is 6.03 Å². The zero-order chi connectivity index (χ0) is 11.7. The molecule has 1 heterocycles. The smallest absolute Gasteiger partial charge is 0.326 e. The fourth-order valence-corrected chi connectivity index (χ4v) is 1.30. The molecule has 0 saturated heterocycles. The van der Waals surface area contributed by atoms with Crippen LogP contribution in [0.1, 0.15) is 13.8 Å². The number of fused-ring (bicyclic) bond motifs is 1. The SMILES string of the molecule is CC(C)C(=O)Nc1ccc2c(c1)=NC(=O)N=2. The van der Waals surface area contributed by atoms with Gasteiger partial charge < -0.3 is 5.32 Å². The normalized spacial score (nSPS) is 13.1. The van der Waals surface area contributed by atoms with Gasteiger partial charge in [0.05, 0.1) is 10.7 Å². The number of amides is 3. The van der Waals surface area contributed by atoms with Crippen molar-refractivity contribution >= 4 is 17.6 Å². The quantitative estimate of drug-likeness (QED) is 0.790. The van der Waals surface area contributed by atoms with Crippen molar-refractivity contribution in [2.75, 3.05) is 5.32 Å². The Morgan fingerprint density at radius 1 is 1.25 bits per heavy atom. The molecule has 0 unspecified atom stereocenters. The molecular weight excluding hydrogens is 206 g/mol. The summed E-state index contributed by atoms with van der Waals surface area (Å²) in [5.41, 5.74) is 0.631. The third-order valence-corrected chi connectivity index (χ3v) is 2.20. The molecule has 3 amide bonds. The first-order valence-electron chi connectivity index (χ1n) is 4.98. The molecule has 0 spiro atoms. The van der Waals surface area contributed by atoms with Crippen LogP contribution in [0.5, 0.6) is 0 Å². The number of benzene rings is 1. The number of carbonyl (C=O) groups is 2. The predicted molar refractivity (Wildman–Crippen MR) is 57.6 cm³/mol. The van der Waals surface area contributed by atoms with Crippen molar-refractivity contribution in [3.8, 4) is 0 Å². The molecule has 1 N–H and O–H groups in total. The average Bonchev–Trinajstić information content (AvgIpc) is 2.57. The minimum atomic E-state index is -0.498. The summed E-state index contributed by atoms with van der Waals surface area (Å²) in [7, 11) is 0. The van der Waals surface area contributed by atoms with Gasteiger partial charge in [-0.05, 0) is 18.2 Å². The van der Waals surface area contributed by atoms with Crippen molar-refractivity contribution in [3.63, 3.8) is 0 Å². The van der Waals surface area contributed by atoms with Gasteiger partial charge in [-0.1, -0.05) is 13.8 Å². The molecule has 1 aromatic carbocycles. The monoisotopic (exact) mass is 217 g/mol. The number of hydrogen-bond acceptors (Lipinski definition) is 2. The van der Waals surface area contributed by atoms with Crippen LogP contribution >= 0.6 is 0 Å². The topological polar surface area (TPSA) is 70.9 Å². The molecule has 0 aromatic heterocycles. The molecule has 0 radical (unpaired) electrons. The second kappa shape index (κ2) is 3.84. The van der Waals surface area contributed by atoms with Crippen molar-refractivity contribution in [1.29, 1.82) is 0 Å². The highest BCUT2D eigenvalue weighted by molar-refractivity contribution is 5.92. The van der Waals surface area contributed by atoms with Gasteiger partial charge in [-0.2, -0.15) is 9.98 Å². The van der Waals surface area contributed by atoms with Crippen molar-refractivity contribution in [1.82, 2.24) is 0 Å². The van der Waals surface area contributed by atoms with Gasteiger partial charge >= 0.3 is 6.03 Å². The number of anilines is 1. The number of rotatable bonds is 2. The lowest BCUT2D eigenvalue weighted by Gasteiger charge is -2.06. The van der Waals surface area contributed by atoms with E-state index in [2.05, 4.69) is 15.3 Å². The first-order valence-corrected chi connectivity index (χ1v) is 4.98. The Hall–Kier alpha value is -2.04. The van der Waals surface area contributed by atoms with Crippen LogP contribution in [0, 0.1) is 5.92 Å². The number of urea groups is 1. The van der Waals surface area contributed by atoms with Crippen LogP contribution in [-0.2, 0) is 4.79 Å². The van der Waals surface area contributed by atoms with Gasteiger partial charge in [-0.25, -0.2) is 4.79 Å². The number of nitrogens with one attached hydrogen (secondary N) is 1. The Bertz CT molecular complexity index is 575. The summed E-state index contributed by atoms with van der Waals surface area (Å²) < 4.78 is 0. The molecule has 0 aliphatic carbocycles. The standard InChI is InChI=1S/C11H11N3O2/c1-6(2)10(15)12-7-3-4-8-9(5-7)14-11(16)13-8/h3-6H,1-2H3,(H,12,15). The first-order chi connectivity index (χ1) is 7.56.